The second-order valence-corrected chi connectivity index (χ2v) is 10.8. The number of ether oxygens (including phenoxy) is 2. The van der Waals surface area contributed by atoms with Gasteiger partial charge in [-0.05, 0) is 62.2 Å². The van der Waals surface area contributed by atoms with Crippen molar-refractivity contribution in [1.29, 1.82) is 0 Å². The van der Waals surface area contributed by atoms with Gasteiger partial charge < -0.3 is 14.0 Å². The molecule has 1 amide bonds. The van der Waals surface area contributed by atoms with Crippen molar-refractivity contribution < 1.29 is 22.7 Å². The van der Waals surface area contributed by atoms with Gasteiger partial charge in [0, 0.05) is 31.8 Å². The van der Waals surface area contributed by atoms with Gasteiger partial charge in [0.05, 0.1) is 28.8 Å². The summed E-state index contributed by atoms with van der Waals surface area (Å²) in [4.78, 5) is 18.0. The number of sulfonamides is 1. The van der Waals surface area contributed by atoms with Crippen molar-refractivity contribution >= 4 is 37.5 Å². The fraction of sp³-hybridized carbons (Fsp3) is 0.391. The summed E-state index contributed by atoms with van der Waals surface area (Å²) < 4.78 is 40.5. The van der Waals surface area contributed by atoms with Crippen LogP contribution in [-0.4, -0.2) is 56.6 Å². The maximum absolute atomic E-state index is 12.9. The van der Waals surface area contributed by atoms with Crippen LogP contribution >= 0.6 is 11.3 Å². The third-order valence-electron chi connectivity index (χ3n) is 5.59. The first kappa shape index (κ1) is 23.6. The molecule has 0 N–H and O–H groups in total. The van der Waals surface area contributed by atoms with E-state index in [9.17, 15) is 13.2 Å². The van der Waals surface area contributed by atoms with Crippen LogP contribution in [-0.2, 0) is 21.3 Å². The number of benzene rings is 2. The quantitative estimate of drug-likeness (QED) is 0.431. The molecule has 0 aliphatic heterocycles. The van der Waals surface area contributed by atoms with Crippen molar-refractivity contribution in [2.45, 2.75) is 37.2 Å². The van der Waals surface area contributed by atoms with Gasteiger partial charge in [-0.25, -0.2) is 8.42 Å². The molecule has 10 heteroatoms. The molecule has 1 aromatic heterocycles. The van der Waals surface area contributed by atoms with Crippen LogP contribution in [0.5, 0.6) is 5.75 Å². The number of methoxy groups -OCH3 is 1. The first-order valence-corrected chi connectivity index (χ1v) is 13.0. The van der Waals surface area contributed by atoms with E-state index in [2.05, 4.69) is 4.99 Å². The summed E-state index contributed by atoms with van der Waals surface area (Å²) in [6.45, 7) is 3.59. The van der Waals surface area contributed by atoms with Crippen molar-refractivity contribution in [2.24, 2.45) is 4.99 Å². The zero-order valence-corrected chi connectivity index (χ0v) is 20.5. The maximum atomic E-state index is 12.9. The summed E-state index contributed by atoms with van der Waals surface area (Å²) in [6.07, 6.45) is 1.77. The van der Waals surface area contributed by atoms with E-state index >= 15 is 0 Å². The molecule has 0 atom stereocenters. The third kappa shape index (κ3) is 5.03. The molecule has 1 fully saturated rings. The lowest BCUT2D eigenvalue weighted by Crippen LogP contribution is -2.28. The zero-order chi connectivity index (χ0) is 23.6. The molecule has 0 radical (unpaired) electrons. The van der Waals surface area contributed by atoms with E-state index in [1.54, 1.807) is 14.2 Å². The van der Waals surface area contributed by atoms with Gasteiger partial charge in [0.15, 0.2) is 4.80 Å². The molecular formula is C23H27N3O5S2. The van der Waals surface area contributed by atoms with Gasteiger partial charge in [0.25, 0.3) is 5.91 Å². The molecule has 2 aromatic carbocycles. The zero-order valence-electron chi connectivity index (χ0n) is 18.9. The normalized spacial score (nSPS) is 14.8. The molecule has 3 aromatic rings. The highest BCUT2D eigenvalue weighted by molar-refractivity contribution is 7.89. The molecule has 33 heavy (non-hydrogen) atoms. The summed E-state index contributed by atoms with van der Waals surface area (Å²) in [5.41, 5.74) is 1.27. The molecule has 0 unspecified atom stereocenters. The molecule has 1 heterocycles. The van der Waals surface area contributed by atoms with E-state index in [1.807, 2.05) is 29.7 Å². The van der Waals surface area contributed by atoms with Crippen molar-refractivity contribution in [3.8, 4) is 5.75 Å². The minimum atomic E-state index is -3.56. The SMILES string of the molecule is CCOCCn1c(=NC(=O)c2ccc(S(=O)(=O)N(C)C3CC3)cc2)sc2cc(OC)ccc21. The standard InChI is InChI=1S/C23H27N3O5S2/c1-4-31-14-13-26-20-12-9-18(30-3)15-21(20)32-23(26)24-22(27)16-5-10-19(11-6-16)33(28,29)25(2)17-7-8-17/h5-6,9-12,15,17H,4,7-8,13-14H2,1-3H3. The Kier molecular flexibility index (Phi) is 6.99. The topological polar surface area (TPSA) is 90.2 Å². The van der Waals surface area contributed by atoms with Crippen molar-refractivity contribution in [1.82, 2.24) is 8.87 Å². The molecule has 8 nitrogen and oxygen atoms in total. The molecule has 0 bridgehead atoms. The van der Waals surface area contributed by atoms with Crippen LogP contribution in [0, 0.1) is 0 Å². The molecule has 0 saturated heterocycles. The number of aromatic nitrogens is 1. The van der Waals surface area contributed by atoms with Crippen LogP contribution in [0.1, 0.15) is 30.1 Å². The summed E-state index contributed by atoms with van der Waals surface area (Å²) in [7, 11) is -0.351. The van der Waals surface area contributed by atoms with Gasteiger partial charge in [0.2, 0.25) is 10.0 Å². The predicted molar refractivity (Wildman–Crippen MR) is 127 cm³/mol. The Bertz CT molecular complexity index is 1320. The van der Waals surface area contributed by atoms with E-state index in [-0.39, 0.29) is 10.9 Å². The smallest absolute Gasteiger partial charge is 0.279 e. The van der Waals surface area contributed by atoms with Crippen LogP contribution in [0.3, 0.4) is 0 Å². The Hall–Kier alpha value is -2.53. The Morgan fingerprint density at radius 1 is 1.21 bits per heavy atom. The Balaban J connectivity index is 1.65. The number of carbonyl (C=O) groups excluding carboxylic acids is 1. The maximum Gasteiger partial charge on any atom is 0.279 e. The monoisotopic (exact) mass is 489 g/mol. The first-order chi connectivity index (χ1) is 15.8. The predicted octanol–water partition coefficient (Wildman–Crippen LogP) is 3.27. The van der Waals surface area contributed by atoms with Gasteiger partial charge in [-0.3, -0.25) is 4.79 Å². The second kappa shape index (κ2) is 9.76. The average Bonchev–Trinajstić information content (AvgIpc) is 3.61. The van der Waals surface area contributed by atoms with E-state index in [0.29, 0.717) is 30.1 Å². The summed E-state index contributed by atoms with van der Waals surface area (Å²) in [6, 6.07) is 11.8. The molecular weight excluding hydrogens is 462 g/mol. The highest BCUT2D eigenvalue weighted by atomic mass is 32.2. The van der Waals surface area contributed by atoms with E-state index < -0.39 is 15.9 Å². The number of hydrogen-bond donors (Lipinski definition) is 0. The fourth-order valence-electron chi connectivity index (χ4n) is 3.50. The molecule has 0 spiro atoms. The van der Waals surface area contributed by atoms with E-state index in [0.717, 1.165) is 28.8 Å². The summed E-state index contributed by atoms with van der Waals surface area (Å²) in [5.74, 6) is 0.296. The minimum Gasteiger partial charge on any atom is -0.497 e. The Labute approximate surface area is 197 Å². The second-order valence-electron chi connectivity index (χ2n) is 7.76. The third-order valence-corrected chi connectivity index (χ3v) is 8.56. The highest BCUT2D eigenvalue weighted by Crippen LogP contribution is 2.30. The number of carbonyl (C=O) groups is 1. The molecule has 176 valence electrons. The number of fused-ring (bicyclic) bond motifs is 1. The Morgan fingerprint density at radius 2 is 1.94 bits per heavy atom. The molecule has 4 rings (SSSR count). The van der Waals surface area contributed by atoms with Crippen molar-refractivity contribution in [3.05, 3.63) is 52.8 Å². The Morgan fingerprint density at radius 3 is 2.58 bits per heavy atom. The number of rotatable bonds is 9. The van der Waals surface area contributed by atoms with Gasteiger partial charge >= 0.3 is 0 Å². The number of thiazole rings is 1. The lowest BCUT2D eigenvalue weighted by molar-refractivity contribution is 0.0996. The van der Waals surface area contributed by atoms with Gasteiger partial charge in [-0.1, -0.05) is 11.3 Å². The number of hydrogen-bond acceptors (Lipinski definition) is 6. The van der Waals surface area contributed by atoms with Gasteiger partial charge in [0.1, 0.15) is 5.75 Å². The number of amides is 1. The number of nitrogens with zero attached hydrogens (tertiary/aromatic N) is 3. The molecule has 1 saturated carbocycles. The van der Waals surface area contributed by atoms with Crippen molar-refractivity contribution in [3.63, 3.8) is 0 Å². The fourth-order valence-corrected chi connectivity index (χ4v) is 6.00. The van der Waals surface area contributed by atoms with E-state index in [4.69, 9.17) is 9.47 Å². The lowest BCUT2D eigenvalue weighted by atomic mass is 10.2. The van der Waals surface area contributed by atoms with Crippen molar-refractivity contribution in [2.75, 3.05) is 27.4 Å². The van der Waals surface area contributed by atoms with Gasteiger partial charge in [-0.2, -0.15) is 9.30 Å². The molecule has 1 aliphatic carbocycles. The minimum absolute atomic E-state index is 0.0741. The van der Waals surface area contributed by atoms with Crippen LogP contribution < -0.4 is 9.54 Å². The van der Waals surface area contributed by atoms with Crippen LogP contribution in [0.15, 0.2) is 52.4 Å². The van der Waals surface area contributed by atoms with Crippen LogP contribution in [0.4, 0.5) is 0 Å². The highest BCUT2D eigenvalue weighted by Gasteiger charge is 2.35. The van der Waals surface area contributed by atoms with E-state index in [1.165, 1.54) is 39.9 Å². The van der Waals surface area contributed by atoms with Gasteiger partial charge in [-0.15, -0.1) is 0 Å². The largest absolute Gasteiger partial charge is 0.497 e. The molecule has 1 aliphatic rings. The van der Waals surface area contributed by atoms with Crippen LogP contribution in [0.25, 0.3) is 10.2 Å². The summed E-state index contributed by atoms with van der Waals surface area (Å²) in [5, 5.41) is 0. The average molecular weight is 490 g/mol. The van der Waals surface area contributed by atoms with Crippen LogP contribution in [0.2, 0.25) is 0 Å². The summed E-state index contributed by atoms with van der Waals surface area (Å²) >= 11 is 1.39. The first-order valence-electron chi connectivity index (χ1n) is 10.8. The lowest BCUT2D eigenvalue weighted by Gasteiger charge is -2.16.